The number of allylic oxidation sites excluding steroid dienone is 26. The minimum atomic E-state index is -5.00. The quantitative estimate of drug-likeness (QED) is 0.0169. The van der Waals surface area contributed by atoms with Crippen LogP contribution in [0.3, 0.4) is 0 Å². The standard InChI is InChI=1S/C85H140O17P2/c1-5-9-13-17-21-25-29-32-35-37-39-41-44-47-51-54-58-62-66-70-83(88)96-76-81(102-85(90)72-68-64-60-56-52-48-45-42-40-38-36-33-30-26-22-18-14-10-6-2)78-100-104(93,94)98-74-79(86)73-97-103(91,92)99-77-80(101-84(89)71-67-63-59-55-49-28-24-20-16-12-8-4)75-95-82(87)69-65-61-57-53-50-46-43-34-31-27-23-19-15-11-7-3/h9-11,13-15,21-23,25-27,32-36,39-43,47,51,58,62,79-81,86H,5-8,12,16-20,24,28-31,37-38,44-46,48-50,52-57,59-61,63-78H2,1-4H3,(H,91,92)(H,93,94)/b13-9-,14-10-,15-11-,25-21-,26-22-,27-23-,35-32-,36-33-,41-39-,42-40-,43-34-,51-47-,62-58-. The molecule has 104 heavy (non-hydrogen) atoms. The first-order chi connectivity index (χ1) is 50.7. The molecule has 0 aliphatic carbocycles. The van der Waals surface area contributed by atoms with Crippen LogP contribution in [-0.2, 0) is 65.4 Å². The predicted molar refractivity (Wildman–Crippen MR) is 427 cm³/mol. The molecule has 5 atom stereocenters. The Labute approximate surface area is 629 Å². The predicted octanol–water partition coefficient (Wildman–Crippen LogP) is 23.2. The van der Waals surface area contributed by atoms with Gasteiger partial charge in [-0.15, -0.1) is 0 Å². The summed E-state index contributed by atoms with van der Waals surface area (Å²) in [4.78, 5) is 72.9. The van der Waals surface area contributed by atoms with Gasteiger partial charge in [-0.25, -0.2) is 9.13 Å². The molecule has 5 unspecified atom stereocenters. The van der Waals surface area contributed by atoms with Crippen molar-refractivity contribution in [3.63, 3.8) is 0 Å². The van der Waals surface area contributed by atoms with Crippen LogP contribution in [0.1, 0.15) is 297 Å². The van der Waals surface area contributed by atoms with Gasteiger partial charge in [0.05, 0.1) is 26.4 Å². The molecule has 0 amide bonds. The number of phosphoric acid groups is 2. The van der Waals surface area contributed by atoms with Gasteiger partial charge in [-0.05, 0) is 135 Å². The average molecular weight is 1500 g/mol. The van der Waals surface area contributed by atoms with Gasteiger partial charge in [0.15, 0.2) is 12.2 Å². The lowest BCUT2D eigenvalue weighted by Gasteiger charge is -2.21. The van der Waals surface area contributed by atoms with Gasteiger partial charge in [0.1, 0.15) is 19.3 Å². The fourth-order valence-electron chi connectivity index (χ4n) is 10.1. The third-order valence-electron chi connectivity index (χ3n) is 16.0. The van der Waals surface area contributed by atoms with Crippen LogP contribution in [0, 0.1) is 0 Å². The summed E-state index contributed by atoms with van der Waals surface area (Å²) in [6.07, 6.45) is 88.1. The molecule has 0 aromatic carbocycles. The monoisotopic (exact) mass is 1490 g/mol. The van der Waals surface area contributed by atoms with E-state index in [1.807, 2.05) is 18.2 Å². The van der Waals surface area contributed by atoms with Crippen LogP contribution >= 0.6 is 15.6 Å². The average Bonchev–Trinajstić information content (AvgIpc) is 0.928. The van der Waals surface area contributed by atoms with E-state index >= 15 is 0 Å². The van der Waals surface area contributed by atoms with Crippen molar-refractivity contribution in [3.05, 3.63) is 158 Å². The highest BCUT2D eigenvalue weighted by Crippen LogP contribution is 2.45. The topological polar surface area (TPSA) is 237 Å². The largest absolute Gasteiger partial charge is 0.472 e. The molecular formula is C85H140O17P2. The molecule has 0 aliphatic heterocycles. The van der Waals surface area contributed by atoms with Crippen molar-refractivity contribution < 1.29 is 80.2 Å². The molecule has 0 heterocycles. The van der Waals surface area contributed by atoms with Crippen molar-refractivity contribution in [1.29, 1.82) is 0 Å². The van der Waals surface area contributed by atoms with Crippen LogP contribution in [0.25, 0.3) is 0 Å². The van der Waals surface area contributed by atoms with Gasteiger partial charge in [0, 0.05) is 25.7 Å². The third kappa shape index (κ3) is 74.9. The molecule has 0 bridgehead atoms. The molecule has 0 rings (SSSR count). The first-order valence-corrected chi connectivity index (χ1v) is 42.7. The van der Waals surface area contributed by atoms with Gasteiger partial charge < -0.3 is 33.8 Å². The fourth-order valence-corrected chi connectivity index (χ4v) is 11.7. The Morgan fingerprint density at radius 3 is 0.827 bits per heavy atom. The summed E-state index contributed by atoms with van der Waals surface area (Å²) in [5.41, 5.74) is 0. The molecule has 3 N–H and O–H groups in total. The van der Waals surface area contributed by atoms with E-state index in [2.05, 4.69) is 167 Å². The molecule has 0 saturated carbocycles. The first kappa shape index (κ1) is 98.7. The number of unbranched alkanes of at least 4 members (excludes halogenated alkanes) is 21. The van der Waals surface area contributed by atoms with Crippen LogP contribution in [0.4, 0.5) is 0 Å². The molecule has 0 radical (unpaired) electrons. The van der Waals surface area contributed by atoms with Crippen molar-refractivity contribution in [1.82, 2.24) is 0 Å². The van der Waals surface area contributed by atoms with Gasteiger partial charge in [0.2, 0.25) is 0 Å². The zero-order valence-corrected chi connectivity index (χ0v) is 66.4. The van der Waals surface area contributed by atoms with Crippen molar-refractivity contribution >= 4 is 39.5 Å². The Bertz CT molecular complexity index is 2590. The zero-order valence-electron chi connectivity index (χ0n) is 64.6. The molecule has 19 heteroatoms. The lowest BCUT2D eigenvalue weighted by molar-refractivity contribution is -0.161. The highest BCUT2D eigenvalue weighted by Gasteiger charge is 2.30. The number of phosphoric ester groups is 2. The Hall–Kier alpha value is -5.32. The van der Waals surface area contributed by atoms with E-state index in [1.165, 1.54) is 38.5 Å². The number of rotatable bonds is 73. The summed E-state index contributed by atoms with van der Waals surface area (Å²) in [5, 5.41) is 10.6. The summed E-state index contributed by atoms with van der Waals surface area (Å²) in [6.45, 7) is 4.40. The maximum atomic E-state index is 13.1. The Morgan fingerprint density at radius 2 is 0.519 bits per heavy atom. The van der Waals surface area contributed by atoms with Crippen LogP contribution in [0.15, 0.2) is 158 Å². The number of carbonyl (C=O) groups excluding carboxylic acids is 4. The van der Waals surface area contributed by atoms with Crippen molar-refractivity contribution in [2.24, 2.45) is 0 Å². The van der Waals surface area contributed by atoms with Gasteiger partial charge in [-0.2, -0.15) is 0 Å². The van der Waals surface area contributed by atoms with E-state index in [-0.39, 0.29) is 25.7 Å². The minimum Gasteiger partial charge on any atom is -0.462 e. The Kier molecular flexibility index (Phi) is 72.0. The van der Waals surface area contributed by atoms with Crippen LogP contribution in [-0.4, -0.2) is 96.7 Å². The normalized spacial score (nSPS) is 14.7. The molecule has 0 aromatic heterocycles. The summed E-state index contributed by atoms with van der Waals surface area (Å²) in [5.74, 6) is -2.31. The van der Waals surface area contributed by atoms with Gasteiger partial charge in [-0.1, -0.05) is 295 Å². The first-order valence-electron chi connectivity index (χ1n) is 39.7. The molecule has 17 nitrogen and oxygen atoms in total. The smallest absolute Gasteiger partial charge is 0.462 e. The fraction of sp³-hybridized carbons (Fsp3) is 0.647. The Morgan fingerprint density at radius 1 is 0.279 bits per heavy atom. The van der Waals surface area contributed by atoms with E-state index in [0.717, 1.165) is 173 Å². The number of esters is 4. The molecule has 592 valence electrons. The van der Waals surface area contributed by atoms with E-state index < -0.39 is 97.5 Å². The number of hydrogen-bond acceptors (Lipinski definition) is 15. The molecule has 0 spiro atoms. The molecule has 0 fully saturated rings. The summed E-state index contributed by atoms with van der Waals surface area (Å²) >= 11 is 0. The van der Waals surface area contributed by atoms with Crippen molar-refractivity contribution in [2.45, 2.75) is 316 Å². The van der Waals surface area contributed by atoms with E-state index in [0.29, 0.717) is 32.1 Å². The van der Waals surface area contributed by atoms with Gasteiger partial charge in [0.25, 0.3) is 0 Å². The minimum absolute atomic E-state index is 0.0278. The van der Waals surface area contributed by atoms with E-state index in [1.54, 1.807) is 0 Å². The van der Waals surface area contributed by atoms with Crippen LogP contribution < -0.4 is 0 Å². The lowest BCUT2D eigenvalue weighted by atomic mass is 10.1. The number of hydrogen-bond donors (Lipinski definition) is 3. The van der Waals surface area contributed by atoms with Crippen LogP contribution in [0.2, 0.25) is 0 Å². The number of aliphatic hydroxyl groups is 1. The molecule has 0 aromatic rings. The van der Waals surface area contributed by atoms with E-state index in [4.69, 9.17) is 37.0 Å². The van der Waals surface area contributed by atoms with Gasteiger partial charge in [-0.3, -0.25) is 37.3 Å². The highest BCUT2D eigenvalue weighted by molar-refractivity contribution is 7.47. The number of aliphatic hydroxyl groups excluding tert-OH is 1. The third-order valence-corrected chi connectivity index (χ3v) is 17.9. The Balaban J connectivity index is 5.44. The zero-order chi connectivity index (χ0) is 76.0. The molecular weight excluding hydrogens is 1350 g/mol. The second-order valence-electron chi connectivity index (χ2n) is 25.9. The lowest BCUT2D eigenvalue weighted by Crippen LogP contribution is -2.30. The maximum Gasteiger partial charge on any atom is 0.472 e. The van der Waals surface area contributed by atoms with Crippen molar-refractivity contribution in [3.8, 4) is 0 Å². The molecule has 0 saturated heterocycles. The second kappa shape index (κ2) is 75.9. The number of carbonyl (C=O) groups is 4. The summed E-state index contributed by atoms with van der Waals surface area (Å²) in [7, 11) is -9.99. The van der Waals surface area contributed by atoms with E-state index in [9.17, 15) is 43.2 Å². The highest BCUT2D eigenvalue weighted by atomic mass is 31.2. The number of ether oxygens (including phenoxy) is 4. The summed E-state index contributed by atoms with van der Waals surface area (Å²) < 4.78 is 68.5. The van der Waals surface area contributed by atoms with Gasteiger partial charge >= 0.3 is 39.5 Å². The molecule has 0 aliphatic rings. The maximum absolute atomic E-state index is 13.1. The SMILES string of the molecule is CC/C=C\C/C=C\C/C=C\C/C=C\C/C=C\C/C=C\CCC(=O)OCC(COP(=O)(O)OCC(O)COP(=O)(O)OCC(COC(=O)CCCCCCC/C=C\C/C=C\C/C=C\CC)OC(=O)CCCCCCCCCCCCC)OC(=O)CCCCCCCC/C=C\C/C=C\C/C=C\C/C=C\CC. The second-order valence-corrected chi connectivity index (χ2v) is 28.8. The summed E-state index contributed by atoms with van der Waals surface area (Å²) in [6, 6.07) is 0. The van der Waals surface area contributed by atoms with Crippen LogP contribution in [0.5, 0.6) is 0 Å². The van der Waals surface area contributed by atoms with Crippen molar-refractivity contribution in [2.75, 3.05) is 39.6 Å².